The Balaban J connectivity index is 2.81. The van der Waals surface area contributed by atoms with Gasteiger partial charge in [0.15, 0.2) is 5.57 Å². The number of rotatable bonds is 5. The first-order valence-electron chi connectivity index (χ1n) is 5.01. The molecule has 1 heterocycles. The van der Waals surface area contributed by atoms with Crippen molar-refractivity contribution >= 4 is 29.5 Å². The lowest BCUT2D eigenvalue weighted by Gasteiger charge is -2.06. The molecule has 0 amide bonds. The molecule has 0 radical (unpaired) electrons. The van der Waals surface area contributed by atoms with Gasteiger partial charge in [-0.05, 0) is 17.9 Å². The Morgan fingerprint density at radius 3 is 2.89 bits per heavy atom. The van der Waals surface area contributed by atoms with Crippen LogP contribution in [-0.4, -0.2) is 24.3 Å². The molecule has 1 aromatic heterocycles. The highest BCUT2D eigenvalue weighted by Crippen LogP contribution is 2.32. The van der Waals surface area contributed by atoms with Crippen LogP contribution in [0.1, 0.15) is 5.56 Å². The maximum absolute atomic E-state index is 11.4. The number of nitrogens with zero attached hydrogens (tertiary/aromatic N) is 2. The molecule has 0 fully saturated rings. The van der Waals surface area contributed by atoms with Crippen LogP contribution in [0.15, 0.2) is 34.3 Å². The second-order valence-electron chi connectivity index (χ2n) is 3.12. The van der Waals surface area contributed by atoms with Gasteiger partial charge in [0.25, 0.3) is 0 Å². The number of carbonyl (C=O) groups excluding carboxylic acids is 1. The average molecular weight is 280 g/mol. The Bertz CT molecular complexity index is 481. The number of ether oxygens (including phenoxy) is 1. The molecule has 0 unspecified atom stereocenters. The quantitative estimate of drug-likeness (QED) is 0.469. The van der Waals surface area contributed by atoms with Gasteiger partial charge >= 0.3 is 5.97 Å². The van der Waals surface area contributed by atoms with Crippen LogP contribution in [0.25, 0.3) is 0 Å². The number of hydrogen-bond acceptors (Lipinski definition) is 6. The minimum Gasteiger partial charge on any atom is -0.465 e. The fourth-order valence-corrected chi connectivity index (χ4v) is 2.87. The SMILES string of the molecule is COC(=O)/C(C#N)=C(/SC)SCc1cccnc1. The highest BCUT2D eigenvalue weighted by atomic mass is 32.2. The smallest absolute Gasteiger partial charge is 0.350 e. The van der Waals surface area contributed by atoms with Crippen molar-refractivity contribution in [3.05, 3.63) is 39.9 Å². The molecular weight excluding hydrogens is 268 g/mol. The molecule has 0 saturated carbocycles. The van der Waals surface area contributed by atoms with E-state index >= 15 is 0 Å². The van der Waals surface area contributed by atoms with Gasteiger partial charge < -0.3 is 4.74 Å². The lowest BCUT2D eigenvalue weighted by Crippen LogP contribution is -2.04. The number of aromatic nitrogens is 1. The molecule has 18 heavy (non-hydrogen) atoms. The summed E-state index contributed by atoms with van der Waals surface area (Å²) >= 11 is 2.79. The number of carbonyl (C=O) groups is 1. The molecule has 4 nitrogen and oxygen atoms in total. The fraction of sp³-hybridized carbons (Fsp3) is 0.250. The summed E-state index contributed by atoms with van der Waals surface area (Å²) in [4.78, 5) is 15.4. The molecule has 0 spiro atoms. The second-order valence-corrected chi connectivity index (χ2v) is 5.18. The van der Waals surface area contributed by atoms with Crippen molar-refractivity contribution in [1.29, 1.82) is 5.26 Å². The first-order chi connectivity index (χ1) is 8.72. The van der Waals surface area contributed by atoms with Crippen molar-refractivity contribution < 1.29 is 9.53 Å². The van der Waals surface area contributed by atoms with Crippen LogP contribution in [0.3, 0.4) is 0 Å². The van der Waals surface area contributed by atoms with Gasteiger partial charge in [-0.2, -0.15) is 5.26 Å². The van der Waals surface area contributed by atoms with Crippen molar-refractivity contribution in [3.8, 4) is 6.07 Å². The normalized spacial score (nSPS) is 11.4. The Morgan fingerprint density at radius 2 is 2.39 bits per heavy atom. The molecule has 0 N–H and O–H groups in total. The average Bonchev–Trinajstić information content (AvgIpc) is 2.43. The fourth-order valence-electron chi connectivity index (χ4n) is 1.14. The standard InChI is InChI=1S/C12H12N2O2S2/c1-16-11(15)10(6-13)12(17-2)18-8-9-4-3-5-14-7-9/h3-5,7H,8H2,1-2H3/b12-10-. The predicted molar refractivity (Wildman–Crippen MR) is 73.7 cm³/mol. The van der Waals surface area contributed by atoms with Crippen LogP contribution in [0, 0.1) is 11.3 Å². The largest absolute Gasteiger partial charge is 0.465 e. The molecule has 6 heteroatoms. The number of esters is 1. The van der Waals surface area contributed by atoms with E-state index in [1.807, 2.05) is 24.5 Å². The molecule has 94 valence electrons. The molecule has 0 atom stereocenters. The van der Waals surface area contributed by atoms with Crippen molar-refractivity contribution in [2.75, 3.05) is 13.4 Å². The van der Waals surface area contributed by atoms with Crippen LogP contribution in [0.5, 0.6) is 0 Å². The van der Waals surface area contributed by atoms with Crippen molar-refractivity contribution in [2.45, 2.75) is 5.75 Å². The zero-order valence-electron chi connectivity index (χ0n) is 10.0. The number of thioether (sulfide) groups is 2. The van der Waals surface area contributed by atoms with E-state index in [2.05, 4.69) is 9.72 Å². The Morgan fingerprint density at radius 1 is 1.61 bits per heavy atom. The van der Waals surface area contributed by atoms with Gasteiger partial charge in [0.1, 0.15) is 6.07 Å². The summed E-state index contributed by atoms with van der Waals surface area (Å²) in [5.74, 6) is 0.0622. The monoisotopic (exact) mass is 280 g/mol. The maximum Gasteiger partial charge on any atom is 0.350 e. The molecule has 0 aromatic carbocycles. The van der Waals surface area contributed by atoms with E-state index in [1.54, 1.807) is 12.4 Å². The second kappa shape index (κ2) is 7.80. The molecule has 0 saturated heterocycles. The summed E-state index contributed by atoms with van der Waals surface area (Å²) in [7, 11) is 1.27. The van der Waals surface area contributed by atoms with Gasteiger partial charge in [-0.3, -0.25) is 4.98 Å². The van der Waals surface area contributed by atoms with Gasteiger partial charge in [0.2, 0.25) is 0 Å². The van der Waals surface area contributed by atoms with E-state index < -0.39 is 5.97 Å². The number of nitriles is 1. The van der Waals surface area contributed by atoms with E-state index in [1.165, 1.54) is 30.6 Å². The summed E-state index contributed by atoms with van der Waals surface area (Å²) in [5, 5.41) is 8.98. The van der Waals surface area contributed by atoms with Crippen LogP contribution in [-0.2, 0) is 15.3 Å². The summed E-state index contributed by atoms with van der Waals surface area (Å²) in [6.45, 7) is 0. The predicted octanol–water partition coefficient (Wildman–Crippen LogP) is 2.59. The molecule has 0 aliphatic rings. The molecule has 1 rings (SSSR count). The molecular formula is C12H12N2O2S2. The number of pyridine rings is 1. The lowest BCUT2D eigenvalue weighted by atomic mass is 10.3. The van der Waals surface area contributed by atoms with Crippen LogP contribution in [0.2, 0.25) is 0 Å². The van der Waals surface area contributed by atoms with Gasteiger partial charge in [0, 0.05) is 18.1 Å². The van der Waals surface area contributed by atoms with Gasteiger partial charge in [-0.15, -0.1) is 23.5 Å². The number of hydrogen-bond donors (Lipinski definition) is 0. The van der Waals surface area contributed by atoms with Crippen LogP contribution < -0.4 is 0 Å². The van der Waals surface area contributed by atoms with E-state index in [0.717, 1.165) is 5.56 Å². The van der Waals surface area contributed by atoms with E-state index in [4.69, 9.17) is 5.26 Å². The Hall–Kier alpha value is -1.45. The first kappa shape index (κ1) is 14.6. The van der Waals surface area contributed by atoms with E-state index in [9.17, 15) is 4.79 Å². The third-order valence-electron chi connectivity index (χ3n) is 1.98. The summed E-state index contributed by atoms with van der Waals surface area (Å²) in [5.41, 5.74) is 1.09. The van der Waals surface area contributed by atoms with Crippen molar-refractivity contribution in [3.63, 3.8) is 0 Å². The minimum absolute atomic E-state index is 0.0545. The van der Waals surface area contributed by atoms with Gasteiger partial charge in [-0.25, -0.2) is 4.79 Å². The maximum atomic E-state index is 11.4. The molecule has 1 aromatic rings. The Kier molecular flexibility index (Phi) is 6.33. The van der Waals surface area contributed by atoms with Crippen LogP contribution in [0.4, 0.5) is 0 Å². The van der Waals surface area contributed by atoms with E-state index in [-0.39, 0.29) is 5.57 Å². The molecule has 0 aliphatic heterocycles. The zero-order chi connectivity index (χ0) is 13.4. The van der Waals surface area contributed by atoms with Gasteiger partial charge in [0.05, 0.1) is 11.3 Å². The third-order valence-corrected chi connectivity index (χ3v) is 4.36. The van der Waals surface area contributed by atoms with Gasteiger partial charge in [-0.1, -0.05) is 6.07 Å². The topological polar surface area (TPSA) is 63.0 Å². The Labute approximate surface area is 114 Å². The minimum atomic E-state index is -0.597. The van der Waals surface area contributed by atoms with Crippen molar-refractivity contribution in [1.82, 2.24) is 4.98 Å². The van der Waals surface area contributed by atoms with Crippen LogP contribution >= 0.6 is 23.5 Å². The zero-order valence-corrected chi connectivity index (χ0v) is 11.7. The highest BCUT2D eigenvalue weighted by Gasteiger charge is 2.15. The molecule has 0 aliphatic carbocycles. The van der Waals surface area contributed by atoms with E-state index in [0.29, 0.717) is 9.99 Å². The summed E-state index contributed by atoms with van der Waals surface area (Å²) in [6, 6.07) is 5.69. The molecule has 0 bridgehead atoms. The third kappa shape index (κ3) is 4.09. The number of methoxy groups -OCH3 is 1. The summed E-state index contributed by atoms with van der Waals surface area (Å²) < 4.78 is 5.24. The lowest BCUT2D eigenvalue weighted by molar-refractivity contribution is -0.135. The highest BCUT2D eigenvalue weighted by molar-refractivity contribution is 8.21. The first-order valence-corrected chi connectivity index (χ1v) is 7.22. The van der Waals surface area contributed by atoms with Crippen molar-refractivity contribution in [2.24, 2.45) is 0 Å². The summed E-state index contributed by atoms with van der Waals surface area (Å²) in [6.07, 6.45) is 5.29.